The van der Waals surface area contributed by atoms with Crippen LogP contribution in [0, 0.1) is 0 Å². The Bertz CT molecular complexity index is 508. The van der Waals surface area contributed by atoms with Crippen LogP contribution in [0.4, 0.5) is 11.8 Å². The van der Waals surface area contributed by atoms with E-state index in [-0.39, 0.29) is 11.8 Å². The van der Waals surface area contributed by atoms with Crippen molar-refractivity contribution in [3.05, 3.63) is 30.3 Å². The fourth-order valence-electron chi connectivity index (χ4n) is 1.40. The smallest absolute Gasteiger partial charge is 0.226 e. The first kappa shape index (κ1) is 12.0. The monoisotopic (exact) mass is 246 g/mol. The average Bonchev–Trinajstić information content (AvgIpc) is 2.31. The van der Waals surface area contributed by atoms with Gasteiger partial charge in [0, 0.05) is 6.07 Å². The highest BCUT2D eigenvalue weighted by Crippen LogP contribution is 2.23. The largest absolute Gasteiger partial charge is 0.494 e. The van der Waals surface area contributed by atoms with Gasteiger partial charge < -0.3 is 20.9 Å². The van der Waals surface area contributed by atoms with Crippen LogP contribution in [0.5, 0.6) is 17.4 Å². The second-order valence-electron chi connectivity index (χ2n) is 3.50. The molecule has 0 bridgehead atoms. The van der Waals surface area contributed by atoms with Crippen molar-refractivity contribution in [2.24, 2.45) is 0 Å². The summed E-state index contributed by atoms with van der Waals surface area (Å²) in [6.07, 6.45) is 0. The number of ether oxygens (including phenoxy) is 2. The molecular weight excluding hydrogens is 232 g/mol. The molecule has 0 atom stereocenters. The summed E-state index contributed by atoms with van der Waals surface area (Å²) in [7, 11) is 0. The minimum atomic E-state index is 0.0796. The topological polar surface area (TPSA) is 96.3 Å². The number of hydrogen-bond donors (Lipinski definition) is 2. The number of rotatable bonds is 4. The van der Waals surface area contributed by atoms with Gasteiger partial charge in [-0.1, -0.05) is 0 Å². The van der Waals surface area contributed by atoms with E-state index in [1.54, 1.807) is 12.1 Å². The van der Waals surface area contributed by atoms with Crippen molar-refractivity contribution >= 4 is 11.8 Å². The molecule has 6 heteroatoms. The maximum Gasteiger partial charge on any atom is 0.226 e. The number of anilines is 2. The predicted molar refractivity (Wildman–Crippen MR) is 68.5 cm³/mol. The number of benzene rings is 1. The Balaban J connectivity index is 2.13. The summed E-state index contributed by atoms with van der Waals surface area (Å²) >= 11 is 0. The molecule has 0 spiro atoms. The van der Waals surface area contributed by atoms with Gasteiger partial charge in [0.2, 0.25) is 11.8 Å². The molecule has 0 aliphatic heterocycles. The maximum atomic E-state index is 5.55. The molecule has 0 aliphatic rings. The minimum Gasteiger partial charge on any atom is -0.494 e. The van der Waals surface area contributed by atoms with Crippen molar-refractivity contribution in [3.8, 4) is 17.4 Å². The predicted octanol–water partition coefficient (Wildman–Crippen LogP) is 1.83. The lowest BCUT2D eigenvalue weighted by Gasteiger charge is -2.07. The zero-order valence-corrected chi connectivity index (χ0v) is 9.96. The summed E-state index contributed by atoms with van der Waals surface area (Å²) in [5, 5.41) is 0. The van der Waals surface area contributed by atoms with Gasteiger partial charge in [0.25, 0.3) is 0 Å². The molecule has 2 aromatic rings. The van der Waals surface area contributed by atoms with Crippen LogP contribution >= 0.6 is 0 Å². The number of nitrogens with zero attached hydrogens (tertiary/aromatic N) is 2. The Morgan fingerprint density at radius 3 is 2.33 bits per heavy atom. The summed E-state index contributed by atoms with van der Waals surface area (Å²) in [6, 6.07) is 8.69. The van der Waals surface area contributed by atoms with Crippen LogP contribution in [0.2, 0.25) is 0 Å². The van der Waals surface area contributed by atoms with Gasteiger partial charge >= 0.3 is 0 Å². The number of hydrogen-bond acceptors (Lipinski definition) is 6. The fraction of sp³-hybridized carbons (Fsp3) is 0.167. The molecule has 1 aromatic carbocycles. The summed E-state index contributed by atoms with van der Waals surface area (Å²) in [5.41, 5.74) is 11.0. The van der Waals surface area contributed by atoms with Crippen LogP contribution < -0.4 is 20.9 Å². The van der Waals surface area contributed by atoms with Crippen molar-refractivity contribution in [2.45, 2.75) is 6.92 Å². The van der Waals surface area contributed by atoms with Crippen molar-refractivity contribution in [2.75, 3.05) is 18.1 Å². The van der Waals surface area contributed by atoms with E-state index in [1.807, 2.05) is 19.1 Å². The Hall–Kier alpha value is -2.50. The molecule has 1 aromatic heterocycles. The second kappa shape index (κ2) is 5.22. The van der Waals surface area contributed by atoms with E-state index in [4.69, 9.17) is 20.9 Å². The van der Waals surface area contributed by atoms with Crippen LogP contribution in [0.25, 0.3) is 0 Å². The van der Waals surface area contributed by atoms with Gasteiger partial charge in [-0.2, -0.15) is 9.97 Å². The van der Waals surface area contributed by atoms with Crippen molar-refractivity contribution in [1.29, 1.82) is 0 Å². The highest BCUT2D eigenvalue weighted by Gasteiger charge is 2.03. The molecule has 0 saturated heterocycles. The van der Waals surface area contributed by atoms with E-state index in [2.05, 4.69) is 9.97 Å². The van der Waals surface area contributed by atoms with Crippen LogP contribution in [0.1, 0.15) is 6.92 Å². The number of nitrogens with two attached hydrogens (primary N) is 2. The SMILES string of the molecule is CCOc1ccc(Oc2cc(N)nc(N)n2)cc1. The van der Waals surface area contributed by atoms with Crippen molar-refractivity contribution in [1.82, 2.24) is 9.97 Å². The molecule has 2 rings (SSSR count). The van der Waals surface area contributed by atoms with E-state index >= 15 is 0 Å². The van der Waals surface area contributed by atoms with Crippen LogP contribution in [-0.2, 0) is 0 Å². The highest BCUT2D eigenvalue weighted by atomic mass is 16.5. The summed E-state index contributed by atoms with van der Waals surface area (Å²) in [4.78, 5) is 7.68. The normalized spacial score (nSPS) is 10.1. The molecule has 1 heterocycles. The molecule has 0 saturated carbocycles. The van der Waals surface area contributed by atoms with Crippen LogP contribution in [-0.4, -0.2) is 16.6 Å². The molecule has 4 N–H and O–H groups in total. The molecule has 0 radical (unpaired) electrons. The Kier molecular flexibility index (Phi) is 3.47. The summed E-state index contributed by atoms with van der Waals surface area (Å²) in [6.45, 7) is 2.55. The number of nitrogen functional groups attached to an aromatic ring is 2. The van der Waals surface area contributed by atoms with Crippen LogP contribution in [0.3, 0.4) is 0 Å². The zero-order chi connectivity index (χ0) is 13.0. The first-order valence-electron chi connectivity index (χ1n) is 5.48. The van der Waals surface area contributed by atoms with E-state index in [0.717, 1.165) is 5.75 Å². The van der Waals surface area contributed by atoms with Gasteiger partial charge in [-0.05, 0) is 31.2 Å². The average molecular weight is 246 g/mol. The highest BCUT2D eigenvalue weighted by molar-refractivity contribution is 5.41. The third kappa shape index (κ3) is 3.00. The lowest BCUT2D eigenvalue weighted by Crippen LogP contribution is -2.00. The van der Waals surface area contributed by atoms with E-state index in [0.29, 0.717) is 18.2 Å². The van der Waals surface area contributed by atoms with E-state index in [1.165, 1.54) is 6.07 Å². The lowest BCUT2D eigenvalue weighted by atomic mass is 10.3. The molecule has 0 amide bonds. The van der Waals surface area contributed by atoms with Crippen LogP contribution in [0.15, 0.2) is 30.3 Å². The molecule has 0 aliphatic carbocycles. The van der Waals surface area contributed by atoms with Gasteiger partial charge in [-0.25, -0.2) is 0 Å². The third-order valence-corrected chi connectivity index (χ3v) is 2.10. The second-order valence-corrected chi connectivity index (χ2v) is 3.50. The van der Waals surface area contributed by atoms with Crippen molar-refractivity contribution in [3.63, 3.8) is 0 Å². The van der Waals surface area contributed by atoms with Gasteiger partial charge in [-0.15, -0.1) is 0 Å². The Morgan fingerprint density at radius 1 is 1.06 bits per heavy atom. The minimum absolute atomic E-state index is 0.0796. The maximum absolute atomic E-state index is 5.55. The first-order chi connectivity index (χ1) is 8.67. The summed E-state index contributed by atoms with van der Waals surface area (Å²) < 4.78 is 10.8. The van der Waals surface area contributed by atoms with Crippen molar-refractivity contribution < 1.29 is 9.47 Å². The van der Waals surface area contributed by atoms with Gasteiger partial charge in [0.1, 0.15) is 17.3 Å². The fourth-order valence-corrected chi connectivity index (χ4v) is 1.40. The first-order valence-corrected chi connectivity index (χ1v) is 5.48. The van der Waals surface area contributed by atoms with Gasteiger partial charge in [-0.3, -0.25) is 0 Å². The third-order valence-electron chi connectivity index (χ3n) is 2.10. The van der Waals surface area contributed by atoms with E-state index < -0.39 is 0 Å². The van der Waals surface area contributed by atoms with Gasteiger partial charge in [0.05, 0.1) is 6.61 Å². The molecule has 0 fully saturated rings. The Labute approximate surface area is 105 Å². The summed E-state index contributed by atoms with van der Waals surface area (Å²) in [5.74, 6) is 2.06. The molecule has 94 valence electrons. The molecular formula is C12H14N4O2. The Morgan fingerprint density at radius 2 is 1.72 bits per heavy atom. The molecule has 6 nitrogen and oxygen atoms in total. The molecule has 18 heavy (non-hydrogen) atoms. The zero-order valence-electron chi connectivity index (χ0n) is 9.96. The van der Waals surface area contributed by atoms with E-state index in [9.17, 15) is 0 Å². The lowest BCUT2D eigenvalue weighted by molar-refractivity contribution is 0.339. The molecule has 0 unspecified atom stereocenters. The quantitative estimate of drug-likeness (QED) is 0.854. The standard InChI is InChI=1S/C12H14N4O2/c1-2-17-8-3-5-9(6-4-8)18-11-7-10(13)15-12(14)16-11/h3-7H,2H2,1H3,(H4,13,14,15,16). The van der Waals surface area contributed by atoms with Gasteiger partial charge in [0.15, 0.2) is 0 Å². The number of aromatic nitrogens is 2.